The first-order chi connectivity index (χ1) is 9.15. The van der Waals surface area contributed by atoms with Crippen LogP contribution in [0.1, 0.15) is 33.1 Å². The molecule has 0 bridgehead atoms. The third-order valence-corrected chi connectivity index (χ3v) is 2.69. The Balaban J connectivity index is 4.33. The smallest absolute Gasteiger partial charge is 0.129 e. The van der Waals surface area contributed by atoms with Gasteiger partial charge in [-0.15, -0.1) is 5.92 Å². The van der Waals surface area contributed by atoms with Crippen molar-refractivity contribution in [1.29, 1.82) is 0 Å². The van der Waals surface area contributed by atoms with Crippen molar-refractivity contribution in [1.82, 2.24) is 0 Å². The van der Waals surface area contributed by atoms with Gasteiger partial charge >= 0.3 is 0 Å². The highest BCUT2D eigenvalue weighted by Crippen LogP contribution is 2.12. The van der Waals surface area contributed by atoms with Crippen LogP contribution in [0, 0.1) is 11.8 Å². The fraction of sp³-hybridized carbons (Fsp3) is 0.562. The number of allylic oxidation sites excluding steroid dienone is 3. The van der Waals surface area contributed by atoms with Crippen LogP contribution in [0.2, 0.25) is 0 Å². The summed E-state index contributed by atoms with van der Waals surface area (Å²) in [6, 6.07) is 0. The lowest BCUT2D eigenvalue weighted by Gasteiger charge is -2.22. The molecule has 3 heteroatoms. The number of carbonyl (C=O) groups excluding carboxylic acids is 1. The minimum atomic E-state index is -0.115. The number of hydrogen-bond donors (Lipinski definition) is 0. The summed E-state index contributed by atoms with van der Waals surface area (Å²) in [6.45, 7) is 3.40. The van der Waals surface area contributed by atoms with E-state index in [0.717, 1.165) is 12.8 Å². The Kier molecular flexibility index (Phi) is 10.9. The molecule has 0 amide bonds. The molecule has 0 radical (unpaired) electrons. The molecule has 0 aromatic rings. The van der Waals surface area contributed by atoms with Crippen LogP contribution in [0.3, 0.4) is 0 Å². The van der Waals surface area contributed by atoms with Crippen molar-refractivity contribution < 1.29 is 14.3 Å². The van der Waals surface area contributed by atoms with Crippen LogP contribution in [0.25, 0.3) is 0 Å². The molecular formula is C16H24O3. The van der Waals surface area contributed by atoms with Crippen molar-refractivity contribution in [2.24, 2.45) is 0 Å². The fourth-order valence-corrected chi connectivity index (χ4v) is 1.68. The maximum absolute atomic E-state index is 10.9. The average molecular weight is 264 g/mol. The van der Waals surface area contributed by atoms with E-state index in [0.29, 0.717) is 6.42 Å². The number of Topliss-reactive ketones (excluding diaryl/α,β-unsaturated/α-hetero) is 1. The van der Waals surface area contributed by atoms with E-state index in [1.54, 1.807) is 34.1 Å². The molecule has 0 aromatic heterocycles. The molecule has 0 saturated carbocycles. The molecule has 0 unspecified atom stereocenters. The average Bonchev–Trinajstić information content (AvgIpc) is 2.39. The highest BCUT2D eigenvalue weighted by molar-refractivity contribution is 5.75. The van der Waals surface area contributed by atoms with Gasteiger partial charge in [-0.05, 0) is 32.8 Å². The Hall–Kier alpha value is -1.37. The van der Waals surface area contributed by atoms with Crippen LogP contribution < -0.4 is 0 Å². The normalized spacial score (nSPS) is 14.3. The first-order valence-corrected chi connectivity index (χ1v) is 6.46. The maximum Gasteiger partial charge on any atom is 0.129 e. The lowest BCUT2D eigenvalue weighted by atomic mass is 10.0. The molecule has 0 heterocycles. The van der Waals surface area contributed by atoms with Crippen LogP contribution in [0.4, 0.5) is 0 Å². The minimum absolute atomic E-state index is 0.0359. The Morgan fingerprint density at radius 3 is 2.53 bits per heavy atom. The number of rotatable bonds is 9. The zero-order valence-corrected chi connectivity index (χ0v) is 12.3. The van der Waals surface area contributed by atoms with Crippen molar-refractivity contribution in [3.8, 4) is 11.8 Å². The topological polar surface area (TPSA) is 35.5 Å². The third-order valence-electron chi connectivity index (χ3n) is 2.69. The first kappa shape index (κ1) is 17.6. The van der Waals surface area contributed by atoms with Crippen LogP contribution >= 0.6 is 0 Å². The summed E-state index contributed by atoms with van der Waals surface area (Å²) in [5.74, 6) is 5.83. The Morgan fingerprint density at radius 1 is 1.26 bits per heavy atom. The van der Waals surface area contributed by atoms with Crippen molar-refractivity contribution in [2.75, 3.05) is 14.2 Å². The summed E-state index contributed by atoms with van der Waals surface area (Å²) in [6.07, 6.45) is 9.54. The van der Waals surface area contributed by atoms with Crippen molar-refractivity contribution >= 4 is 5.78 Å². The van der Waals surface area contributed by atoms with E-state index in [9.17, 15) is 4.79 Å². The van der Waals surface area contributed by atoms with Crippen LogP contribution in [-0.2, 0) is 14.3 Å². The Labute approximate surface area is 116 Å². The maximum atomic E-state index is 10.9. The van der Waals surface area contributed by atoms with Gasteiger partial charge in [-0.1, -0.05) is 24.1 Å². The molecule has 0 spiro atoms. The van der Waals surface area contributed by atoms with Gasteiger partial charge in [0.25, 0.3) is 0 Å². The highest BCUT2D eigenvalue weighted by atomic mass is 16.5. The molecule has 0 aliphatic rings. The van der Waals surface area contributed by atoms with Gasteiger partial charge in [0.2, 0.25) is 0 Å². The second-order valence-electron chi connectivity index (χ2n) is 4.21. The lowest BCUT2D eigenvalue weighted by Crippen LogP contribution is -2.28. The van der Waals surface area contributed by atoms with Gasteiger partial charge in [0.05, 0.1) is 6.10 Å². The number of methoxy groups -OCH3 is 2. The largest absolute Gasteiger partial charge is 0.378 e. The third kappa shape index (κ3) is 9.24. The molecule has 0 aliphatic carbocycles. The summed E-state index contributed by atoms with van der Waals surface area (Å²) < 4.78 is 10.8. The predicted octanol–water partition coefficient (Wildman–Crippen LogP) is 2.91. The van der Waals surface area contributed by atoms with E-state index >= 15 is 0 Å². The van der Waals surface area contributed by atoms with Crippen LogP contribution in [0.5, 0.6) is 0 Å². The molecule has 0 saturated heterocycles. The van der Waals surface area contributed by atoms with Crippen LogP contribution in [0.15, 0.2) is 24.3 Å². The fourth-order valence-electron chi connectivity index (χ4n) is 1.68. The molecule has 0 fully saturated rings. The van der Waals surface area contributed by atoms with Gasteiger partial charge in [0.1, 0.15) is 11.9 Å². The van der Waals surface area contributed by atoms with Crippen molar-refractivity contribution in [3.63, 3.8) is 0 Å². The second kappa shape index (κ2) is 11.7. The summed E-state index contributed by atoms with van der Waals surface area (Å²) in [5, 5.41) is 0. The number of ether oxygens (including phenoxy) is 2. The van der Waals surface area contributed by atoms with Gasteiger partial charge in [-0.3, -0.25) is 0 Å². The van der Waals surface area contributed by atoms with E-state index in [4.69, 9.17) is 9.47 Å². The molecule has 0 aliphatic heterocycles. The second-order valence-corrected chi connectivity index (χ2v) is 4.21. The zero-order chi connectivity index (χ0) is 14.5. The Morgan fingerprint density at radius 2 is 2.00 bits per heavy atom. The lowest BCUT2D eigenvalue weighted by molar-refractivity contribution is -0.117. The van der Waals surface area contributed by atoms with E-state index in [2.05, 4.69) is 11.8 Å². The van der Waals surface area contributed by atoms with Gasteiger partial charge in [0.15, 0.2) is 0 Å². The van der Waals surface area contributed by atoms with Gasteiger partial charge in [-0.25, -0.2) is 0 Å². The summed E-state index contributed by atoms with van der Waals surface area (Å²) >= 11 is 0. The van der Waals surface area contributed by atoms with Crippen molar-refractivity contribution in [2.45, 2.75) is 45.3 Å². The Bertz CT molecular complexity index is 358. The standard InChI is InChI=1S/C16H24O3/c1-5-6-7-8-9-12-15(18-3)16(19-4)13-10-11-14(2)17/h7-9,12,15-16H,10-11,13H2,1-4H3/b8-7+,12-9+/t15-,16+/m1/s1. The zero-order valence-electron chi connectivity index (χ0n) is 12.3. The molecule has 0 N–H and O–H groups in total. The molecule has 0 rings (SSSR count). The van der Waals surface area contributed by atoms with Crippen LogP contribution in [-0.4, -0.2) is 32.2 Å². The monoisotopic (exact) mass is 264 g/mol. The quantitative estimate of drug-likeness (QED) is 0.474. The van der Waals surface area contributed by atoms with E-state index in [1.807, 2.05) is 18.2 Å². The SMILES string of the molecule is CC#C/C=C/C=C/[C@@H](OC)[C@H](CCCC(C)=O)OC. The summed E-state index contributed by atoms with van der Waals surface area (Å²) in [5.41, 5.74) is 0. The first-order valence-electron chi connectivity index (χ1n) is 6.46. The van der Waals surface area contributed by atoms with E-state index < -0.39 is 0 Å². The number of hydrogen-bond acceptors (Lipinski definition) is 3. The van der Waals surface area contributed by atoms with E-state index in [-0.39, 0.29) is 18.0 Å². The molecule has 19 heavy (non-hydrogen) atoms. The summed E-state index contributed by atoms with van der Waals surface area (Å²) in [4.78, 5) is 10.9. The molecular weight excluding hydrogens is 240 g/mol. The molecule has 2 atom stereocenters. The highest BCUT2D eigenvalue weighted by Gasteiger charge is 2.17. The van der Waals surface area contributed by atoms with Gasteiger partial charge < -0.3 is 14.3 Å². The summed E-state index contributed by atoms with van der Waals surface area (Å²) in [7, 11) is 3.32. The van der Waals surface area contributed by atoms with E-state index in [1.165, 1.54) is 0 Å². The van der Waals surface area contributed by atoms with Gasteiger partial charge in [-0.2, -0.15) is 0 Å². The van der Waals surface area contributed by atoms with Gasteiger partial charge in [0, 0.05) is 20.6 Å². The van der Waals surface area contributed by atoms with Crippen molar-refractivity contribution in [3.05, 3.63) is 24.3 Å². The minimum Gasteiger partial charge on any atom is -0.378 e. The molecule has 0 aromatic carbocycles. The molecule has 106 valence electrons. The predicted molar refractivity (Wildman–Crippen MR) is 77.9 cm³/mol. The molecule has 3 nitrogen and oxygen atoms in total. The number of carbonyl (C=O) groups is 1. The number of ketones is 1.